The molecule has 11 nitrogen and oxygen atoms in total. The number of amides is 1. The molecule has 4 N–H and O–H groups in total. The summed E-state index contributed by atoms with van der Waals surface area (Å²) in [6, 6.07) is -0.0964. The molecule has 1 amide bonds. The summed E-state index contributed by atoms with van der Waals surface area (Å²) in [6.45, 7) is 3.67. The van der Waals surface area contributed by atoms with Gasteiger partial charge in [0, 0.05) is 25.8 Å². The summed E-state index contributed by atoms with van der Waals surface area (Å²) < 4.78 is 4.27. The minimum Gasteiger partial charge on any atom is -0.465 e. The second-order valence-electron chi connectivity index (χ2n) is 6.60. The molecule has 1 saturated heterocycles. The predicted molar refractivity (Wildman–Crippen MR) is 112 cm³/mol. The topological polar surface area (TPSA) is 140 Å². The van der Waals surface area contributed by atoms with Gasteiger partial charge in [0.2, 0.25) is 5.95 Å². The summed E-state index contributed by atoms with van der Waals surface area (Å²) in [4.78, 5) is 21.8. The zero-order valence-electron chi connectivity index (χ0n) is 15.2. The number of likely N-dealkylation sites (tertiary alicyclic amines) is 1. The maximum atomic E-state index is 11.4. The molecule has 1 fully saturated rings. The third-order valence-corrected chi connectivity index (χ3v) is 5.52. The smallest absolute Gasteiger partial charge is 0.407 e. The van der Waals surface area contributed by atoms with Crippen LogP contribution < -0.4 is 11.1 Å². The van der Waals surface area contributed by atoms with Crippen LogP contribution in [-0.4, -0.2) is 58.7 Å². The number of hydrogen-bond donors (Lipinski definition) is 3. The number of nitrogens with one attached hydrogen (secondary N) is 1. The number of aryl methyl sites for hydroxylation is 1. The van der Waals surface area contributed by atoms with Gasteiger partial charge in [-0.15, -0.1) is 0 Å². The third-order valence-electron chi connectivity index (χ3n) is 4.76. The van der Waals surface area contributed by atoms with Gasteiger partial charge in [0.25, 0.3) is 0 Å². The quantitative estimate of drug-likeness (QED) is 0.467. The highest BCUT2D eigenvalue weighted by atomic mass is 127. The lowest BCUT2D eigenvalue weighted by atomic mass is 10.1. The molecule has 1 unspecified atom stereocenters. The van der Waals surface area contributed by atoms with Crippen LogP contribution in [0.5, 0.6) is 0 Å². The largest absolute Gasteiger partial charge is 0.465 e. The van der Waals surface area contributed by atoms with Crippen molar-refractivity contribution < 1.29 is 9.90 Å². The highest BCUT2D eigenvalue weighted by Crippen LogP contribution is 2.30. The Morgan fingerprint density at radius 3 is 3.00 bits per heavy atom. The lowest BCUT2D eigenvalue weighted by Crippen LogP contribution is -2.40. The van der Waals surface area contributed by atoms with Gasteiger partial charge in [-0.25, -0.2) is 9.48 Å². The van der Waals surface area contributed by atoms with Gasteiger partial charge in [0.1, 0.15) is 9.52 Å². The molecule has 1 aliphatic heterocycles. The van der Waals surface area contributed by atoms with Crippen molar-refractivity contribution in [1.29, 1.82) is 0 Å². The van der Waals surface area contributed by atoms with E-state index in [2.05, 4.69) is 48.1 Å². The molecule has 0 bridgehead atoms. The molecule has 148 valence electrons. The summed E-state index contributed by atoms with van der Waals surface area (Å²) in [5.74, 6) is 0.682. The van der Waals surface area contributed by atoms with Crippen molar-refractivity contribution in [3.8, 4) is 0 Å². The summed E-state index contributed by atoms with van der Waals surface area (Å²) >= 11 is 2.11. The number of nitrogens with zero attached hydrogens (tertiary/aromatic N) is 7. The second kappa shape index (κ2) is 7.41. The van der Waals surface area contributed by atoms with E-state index < -0.39 is 6.09 Å². The van der Waals surface area contributed by atoms with Crippen LogP contribution in [0.4, 0.5) is 22.2 Å². The average molecular weight is 497 g/mol. The zero-order chi connectivity index (χ0) is 19.8. The number of nitrogen functional groups attached to an aromatic ring is 1. The monoisotopic (exact) mass is 497 g/mol. The Labute approximate surface area is 174 Å². The van der Waals surface area contributed by atoms with E-state index in [0.29, 0.717) is 39.6 Å². The van der Waals surface area contributed by atoms with Crippen molar-refractivity contribution in [1.82, 2.24) is 34.4 Å². The van der Waals surface area contributed by atoms with E-state index in [1.807, 2.05) is 13.1 Å². The SMILES string of the molecule is CCn1cc(Nc2nc(N)c3c(I)nn(C4CCCN(C(=O)O)C4)c3n2)cn1. The van der Waals surface area contributed by atoms with Crippen molar-refractivity contribution in [3.63, 3.8) is 0 Å². The maximum absolute atomic E-state index is 11.4. The minimum atomic E-state index is -0.916. The molecule has 0 spiro atoms. The Morgan fingerprint density at radius 2 is 2.29 bits per heavy atom. The van der Waals surface area contributed by atoms with E-state index >= 15 is 0 Å². The molecule has 0 aliphatic carbocycles. The van der Waals surface area contributed by atoms with Crippen molar-refractivity contribution in [2.24, 2.45) is 0 Å². The molecule has 0 aromatic carbocycles. The zero-order valence-corrected chi connectivity index (χ0v) is 17.4. The number of carbonyl (C=O) groups is 1. The molecule has 28 heavy (non-hydrogen) atoms. The van der Waals surface area contributed by atoms with Gasteiger partial charge in [0.15, 0.2) is 5.65 Å². The van der Waals surface area contributed by atoms with E-state index in [1.165, 1.54) is 4.90 Å². The number of halogens is 1. The fourth-order valence-electron chi connectivity index (χ4n) is 3.39. The van der Waals surface area contributed by atoms with Crippen LogP contribution in [0.25, 0.3) is 11.0 Å². The number of hydrogen-bond acceptors (Lipinski definition) is 7. The normalized spacial score (nSPS) is 17.2. The number of piperidine rings is 1. The molecule has 1 atom stereocenters. The fourth-order valence-corrected chi connectivity index (χ4v) is 4.14. The highest BCUT2D eigenvalue weighted by Gasteiger charge is 2.28. The molecular weight excluding hydrogens is 477 g/mol. The summed E-state index contributed by atoms with van der Waals surface area (Å²) in [7, 11) is 0. The number of anilines is 3. The van der Waals surface area contributed by atoms with Gasteiger partial charge in [-0.2, -0.15) is 20.2 Å². The molecule has 3 aromatic rings. The number of rotatable bonds is 4. The van der Waals surface area contributed by atoms with Crippen molar-refractivity contribution in [2.75, 3.05) is 24.1 Å². The number of aromatic nitrogens is 6. The Hall–Kier alpha value is -2.64. The lowest BCUT2D eigenvalue weighted by molar-refractivity contribution is 0.120. The first-order valence-electron chi connectivity index (χ1n) is 8.94. The van der Waals surface area contributed by atoms with E-state index in [9.17, 15) is 9.90 Å². The fraction of sp³-hybridized carbons (Fsp3) is 0.438. The van der Waals surface area contributed by atoms with Gasteiger partial charge in [-0.05, 0) is 42.4 Å². The predicted octanol–water partition coefficient (Wildman–Crippen LogP) is 2.29. The van der Waals surface area contributed by atoms with Gasteiger partial charge in [0.05, 0.1) is 23.3 Å². The first-order chi connectivity index (χ1) is 13.5. The van der Waals surface area contributed by atoms with Crippen molar-refractivity contribution in [2.45, 2.75) is 32.4 Å². The Kier molecular flexibility index (Phi) is 4.95. The first-order valence-corrected chi connectivity index (χ1v) is 10.0. The van der Waals surface area contributed by atoms with Crippen LogP contribution in [0, 0.1) is 3.70 Å². The Balaban J connectivity index is 1.71. The van der Waals surface area contributed by atoms with E-state index in [0.717, 1.165) is 25.1 Å². The van der Waals surface area contributed by atoms with Crippen LogP contribution in [0.1, 0.15) is 25.8 Å². The summed E-state index contributed by atoms with van der Waals surface area (Å²) in [6.07, 6.45) is 4.24. The van der Waals surface area contributed by atoms with Crippen LogP contribution >= 0.6 is 22.6 Å². The van der Waals surface area contributed by atoms with Gasteiger partial charge in [-0.3, -0.25) is 4.68 Å². The van der Waals surface area contributed by atoms with Crippen LogP contribution in [0.3, 0.4) is 0 Å². The third kappa shape index (κ3) is 3.43. The number of nitrogens with two attached hydrogens (primary N) is 1. The van der Waals surface area contributed by atoms with Gasteiger partial charge >= 0.3 is 6.09 Å². The second-order valence-corrected chi connectivity index (χ2v) is 7.62. The molecular formula is C16H20IN9O2. The van der Waals surface area contributed by atoms with Gasteiger partial charge < -0.3 is 21.1 Å². The van der Waals surface area contributed by atoms with E-state index in [1.54, 1.807) is 15.6 Å². The molecule has 1 aliphatic rings. The summed E-state index contributed by atoms with van der Waals surface area (Å²) in [5.41, 5.74) is 7.54. The van der Waals surface area contributed by atoms with Crippen molar-refractivity contribution >= 4 is 57.2 Å². The summed E-state index contributed by atoms with van der Waals surface area (Å²) in [5, 5.41) is 21.9. The van der Waals surface area contributed by atoms with Gasteiger partial charge in [-0.1, -0.05) is 0 Å². The average Bonchev–Trinajstić information content (AvgIpc) is 3.26. The number of carboxylic acid groups (broad SMARTS) is 1. The van der Waals surface area contributed by atoms with E-state index in [4.69, 9.17) is 5.73 Å². The lowest BCUT2D eigenvalue weighted by Gasteiger charge is -2.30. The Morgan fingerprint density at radius 1 is 1.46 bits per heavy atom. The Bertz CT molecular complexity index is 1030. The molecule has 3 aromatic heterocycles. The first kappa shape index (κ1) is 18.7. The van der Waals surface area contributed by atoms with Crippen LogP contribution in [0.15, 0.2) is 12.4 Å². The van der Waals surface area contributed by atoms with Crippen LogP contribution in [-0.2, 0) is 6.54 Å². The van der Waals surface area contributed by atoms with E-state index in [-0.39, 0.29) is 6.04 Å². The van der Waals surface area contributed by atoms with Crippen LogP contribution in [0.2, 0.25) is 0 Å². The molecule has 4 rings (SSSR count). The molecule has 12 heteroatoms. The minimum absolute atomic E-state index is 0.0964. The molecule has 0 radical (unpaired) electrons. The number of fused-ring (bicyclic) bond motifs is 1. The standard InChI is InChI=1S/C16H20IN9O2/c1-2-25-7-9(6-19-25)20-15-21-13(18)11-12(17)23-26(14(11)22-15)10-4-3-5-24(8-10)16(27)28/h6-7,10H,2-5,8H2,1H3,(H,27,28)(H3,18,20,21,22). The maximum Gasteiger partial charge on any atom is 0.407 e. The molecule has 4 heterocycles. The van der Waals surface area contributed by atoms with Crippen molar-refractivity contribution in [3.05, 3.63) is 16.1 Å². The highest BCUT2D eigenvalue weighted by molar-refractivity contribution is 14.1. The molecule has 0 saturated carbocycles.